The first-order chi connectivity index (χ1) is 8.78. The van der Waals surface area contributed by atoms with Gasteiger partial charge in [0.05, 0.1) is 18.9 Å². The molecule has 2 N–H and O–H groups in total. The second kappa shape index (κ2) is 6.47. The summed E-state index contributed by atoms with van der Waals surface area (Å²) in [5, 5.41) is 1.07. The molecule has 18 heavy (non-hydrogen) atoms. The van der Waals surface area contributed by atoms with Crippen molar-refractivity contribution in [3.05, 3.63) is 10.6 Å². The number of anilines is 1. The molecule has 0 spiro atoms. The number of ether oxygens (including phenoxy) is 2. The molecule has 0 aliphatic carbocycles. The summed E-state index contributed by atoms with van der Waals surface area (Å²) in [6.45, 7) is 3.98. The average Bonchev–Trinajstić information content (AvgIpc) is 2.96. The van der Waals surface area contributed by atoms with E-state index in [4.69, 9.17) is 15.2 Å². The maximum absolute atomic E-state index is 5.74. The van der Waals surface area contributed by atoms with Gasteiger partial charge < -0.3 is 20.1 Å². The van der Waals surface area contributed by atoms with Gasteiger partial charge in [-0.2, -0.15) is 0 Å². The average molecular weight is 271 g/mol. The molecule has 102 valence electrons. The zero-order valence-corrected chi connectivity index (χ0v) is 11.8. The van der Waals surface area contributed by atoms with Gasteiger partial charge in [0.1, 0.15) is 0 Å². The SMILES string of the molecule is COCc1nc(N2CCC(COC)C2)sc1CN. The minimum absolute atomic E-state index is 0.533. The van der Waals surface area contributed by atoms with Crippen LogP contribution in [0.15, 0.2) is 0 Å². The molecule has 2 rings (SSSR count). The van der Waals surface area contributed by atoms with Crippen molar-refractivity contribution in [3.8, 4) is 0 Å². The van der Waals surface area contributed by atoms with Crippen LogP contribution in [0, 0.1) is 5.92 Å². The van der Waals surface area contributed by atoms with Gasteiger partial charge in [0.15, 0.2) is 5.13 Å². The van der Waals surface area contributed by atoms with E-state index in [1.807, 2.05) is 0 Å². The van der Waals surface area contributed by atoms with Gasteiger partial charge in [0.2, 0.25) is 0 Å². The van der Waals surface area contributed by atoms with Crippen LogP contribution in [0.5, 0.6) is 0 Å². The maximum atomic E-state index is 5.74. The molecule has 2 heterocycles. The van der Waals surface area contributed by atoms with Crippen LogP contribution in [0.25, 0.3) is 0 Å². The molecule has 1 aromatic heterocycles. The van der Waals surface area contributed by atoms with E-state index in [0.717, 1.165) is 35.4 Å². The molecule has 1 saturated heterocycles. The van der Waals surface area contributed by atoms with Crippen LogP contribution in [-0.4, -0.2) is 38.9 Å². The highest BCUT2D eigenvalue weighted by Gasteiger charge is 2.25. The van der Waals surface area contributed by atoms with Crippen molar-refractivity contribution >= 4 is 16.5 Å². The van der Waals surface area contributed by atoms with Crippen molar-refractivity contribution in [2.24, 2.45) is 11.7 Å². The summed E-state index contributed by atoms with van der Waals surface area (Å²) in [7, 11) is 3.44. The first kappa shape index (κ1) is 13.7. The fourth-order valence-corrected chi connectivity index (χ4v) is 3.27. The highest BCUT2D eigenvalue weighted by molar-refractivity contribution is 7.15. The zero-order chi connectivity index (χ0) is 13.0. The number of nitrogens with two attached hydrogens (primary N) is 1. The first-order valence-corrected chi connectivity index (χ1v) is 7.01. The molecule has 1 aromatic rings. The van der Waals surface area contributed by atoms with Crippen LogP contribution >= 0.6 is 11.3 Å². The molecule has 0 saturated carbocycles. The van der Waals surface area contributed by atoms with Crippen molar-refractivity contribution in [1.82, 2.24) is 4.98 Å². The lowest BCUT2D eigenvalue weighted by molar-refractivity contribution is 0.161. The van der Waals surface area contributed by atoms with E-state index in [9.17, 15) is 0 Å². The molecule has 1 atom stereocenters. The Balaban J connectivity index is 2.05. The number of nitrogens with zero attached hydrogens (tertiary/aromatic N) is 2. The van der Waals surface area contributed by atoms with Crippen LogP contribution in [0.2, 0.25) is 0 Å². The van der Waals surface area contributed by atoms with Crippen LogP contribution in [0.3, 0.4) is 0 Å². The Kier molecular flexibility index (Phi) is 4.94. The summed E-state index contributed by atoms with van der Waals surface area (Å²) in [6, 6.07) is 0. The Labute approximate surface area is 112 Å². The molecular weight excluding hydrogens is 250 g/mol. The van der Waals surface area contributed by atoms with Gasteiger partial charge in [-0.1, -0.05) is 0 Å². The van der Waals surface area contributed by atoms with E-state index >= 15 is 0 Å². The predicted molar refractivity (Wildman–Crippen MR) is 72.9 cm³/mol. The molecule has 1 unspecified atom stereocenters. The quantitative estimate of drug-likeness (QED) is 0.843. The van der Waals surface area contributed by atoms with Crippen molar-refractivity contribution in [3.63, 3.8) is 0 Å². The molecule has 6 heteroatoms. The van der Waals surface area contributed by atoms with Crippen LogP contribution in [0.4, 0.5) is 5.13 Å². The summed E-state index contributed by atoms with van der Waals surface area (Å²) in [5.74, 6) is 0.617. The third kappa shape index (κ3) is 3.00. The largest absolute Gasteiger partial charge is 0.384 e. The monoisotopic (exact) mass is 271 g/mol. The van der Waals surface area contributed by atoms with E-state index in [0.29, 0.717) is 19.1 Å². The molecule has 1 aliphatic rings. The van der Waals surface area contributed by atoms with E-state index in [2.05, 4.69) is 9.88 Å². The minimum atomic E-state index is 0.533. The third-order valence-corrected chi connectivity index (χ3v) is 4.37. The molecular formula is C12H21N3O2S. The lowest BCUT2D eigenvalue weighted by Crippen LogP contribution is -2.20. The topological polar surface area (TPSA) is 60.6 Å². The predicted octanol–water partition coefficient (Wildman–Crippen LogP) is 1.22. The Hall–Kier alpha value is -0.690. The van der Waals surface area contributed by atoms with Gasteiger partial charge >= 0.3 is 0 Å². The minimum Gasteiger partial charge on any atom is -0.384 e. The van der Waals surface area contributed by atoms with E-state index in [1.54, 1.807) is 25.6 Å². The van der Waals surface area contributed by atoms with E-state index < -0.39 is 0 Å². The van der Waals surface area contributed by atoms with Crippen molar-refractivity contribution < 1.29 is 9.47 Å². The van der Waals surface area contributed by atoms with Crippen LogP contribution < -0.4 is 10.6 Å². The second-order valence-electron chi connectivity index (χ2n) is 4.56. The number of rotatable bonds is 6. The number of hydrogen-bond acceptors (Lipinski definition) is 6. The van der Waals surface area contributed by atoms with E-state index in [-0.39, 0.29) is 0 Å². The summed E-state index contributed by atoms with van der Waals surface area (Å²) >= 11 is 1.69. The van der Waals surface area contributed by atoms with Crippen LogP contribution in [-0.2, 0) is 22.6 Å². The van der Waals surface area contributed by atoms with Gasteiger partial charge in [-0.3, -0.25) is 0 Å². The Bertz CT molecular complexity index is 383. The molecule has 1 aliphatic heterocycles. The summed E-state index contributed by atoms with van der Waals surface area (Å²) in [5.41, 5.74) is 6.73. The Morgan fingerprint density at radius 1 is 1.44 bits per heavy atom. The van der Waals surface area contributed by atoms with Gasteiger partial charge in [-0.25, -0.2) is 4.98 Å². The molecule has 0 bridgehead atoms. The fourth-order valence-electron chi connectivity index (χ4n) is 2.29. The summed E-state index contributed by atoms with van der Waals surface area (Å²) in [4.78, 5) is 8.10. The highest BCUT2D eigenvalue weighted by Crippen LogP contribution is 2.30. The third-order valence-electron chi connectivity index (χ3n) is 3.19. The van der Waals surface area contributed by atoms with Crippen molar-refractivity contribution in [1.29, 1.82) is 0 Å². The number of thiazole rings is 1. The van der Waals surface area contributed by atoms with Crippen molar-refractivity contribution in [2.45, 2.75) is 19.6 Å². The molecule has 0 amide bonds. The number of methoxy groups -OCH3 is 2. The Morgan fingerprint density at radius 2 is 2.28 bits per heavy atom. The lowest BCUT2D eigenvalue weighted by atomic mass is 10.1. The number of aromatic nitrogens is 1. The van der Waals surface area contributed by atoms with E-state index in [1.165, 1.54) is 6.42 Å². The molecule has 5 nitrogen and oxygen atoms in total. The standard InChI is InChI=1S/C12H21N3O2S/c1-16-7-9-3-4-15(6-9)12-14-10(8-17-2)11(5-13)18-12/h9H,3-8,13H2,1-2H3. The molecule has 0 aromatic carbocycles. The zero-order valence-electron chi connectivity index (χ0n) is 11.0. The summed E-state index contributed by atoms with van der Waals surface area (Å²) in [6.07, 6.45) is 1.17. The highest BCUT2D eigenvalue weighted by atomic mass is 32.1. The van der Waals surface area contributed by atoms with Gasteiger partial charge in [0.25, 0.3) is 0 Å². The maximum Gasteiger partial charge on any atom is 0.185 e. The van der Waals surface area contributed by atoms with Gasteiger partial charge in [-0.05, 0) is 6.42 Å². The van der Waals surface area contributed by atoms with Gasteiger partial charge in [-0.15, -0.1) is 11.3 Å². The normalized spacial score (nSPS) is 19.7. The molecule has 0 radical (unpaired) electrons. The lowest BCUT2D eigenvalue weighted by Gasteiger charge is -2.14. The summed E-state index contributed by atoms with van der Waals surface area (Å²) < 4.78 is 10.4. The first-order valence-electron chi connectivity index (χ1n) is 6.20. The molecule has 1 fully saturated rings. The Morgan fingerprint density at radius 3 is 2.94 bits per heavy atom. The van der Waals surface area contributed by atoms with Crippen molar-refractivity contribution in [2.75, 3.05) is 38.8 Å². The van der Waals surface area contributed by atoms with Gasteiger partial charge in [0, 0.05) is 44.6 Å². The number of hydrogen-bond donors (Lipinski definition) is 1. The second-order valence-corrected chi connectivity index (χ2v) is 5.62. The smallest absolute Gasteiger partial charge is 0.185 e. The fraction of sp³-hybridized carbons (Fsp3) is 0.750. The van der Waals surface area contributed by atoms with Crippen LogP contribution in [0.1, 0.15) is 17.0 Å².